The van der Waals surface area contributed by atoms with Crippen molar-refractivity contribution in [2.45, 2.75) is 32.4 Å². The molecule has 1 atom stereocenters. The maximum absolute atomic E-state index is 12.4. The SMILES string of the molecule is COc1ccc(CNC(=O)[C@H](CCC(=O)C=N)NC(=O)CNC(C)=O)cc1. The fourth-order valence-electron chi connectivity index (χ4n) is 2.13. The van der Waals surface area contributed by atoms with Crippen molar-refractivity contribution in [2.75, 3.05) is 13.7 Å². The highest BCUT2D eigenvalue weighted by Gasteiger charge is 2.21. The summed E-state index contributed by atoms with van der Waals surface area (Å²) >= 11 is 0. The Kier molecular flexibility index (Phi) is 9.21. The Morgan fingerprint density at radius 2 is 1.81 bits per heavy atom. The lowest BCUT2D eigenvalue weighted by molar-refractivity contribution is -0.129. The van der Waals surface area contributed by atoms with E-state index < -0.39 is 23.6 Å². The molecule has 1 aromatic carbocycles. The first kappa shape index (κ1) is 21.8. The van der Waals surface area contributed by atoms with Crippen LogP contribution in [0.1, 0.15) is 25.3 Å². The molecule has 0 heterocycles. The molecular weight excluding hydrogens is 352 g/mol. The van der Waals surface area contributed by atoms with Crippen molar-refractivity contribution in [1.82, 2.24) is 16.0 Å². The summed E-state index contributed by atoms with van der Waals surface area (Å²) in [5.74, 6) is -1.13. The monoisotopic (exact) mass is 376 g/mol. The average molecular weight is 376 g/mol. The van der Waals surface area contributed by atoms with Crippen LogP contribution in [0.5, 0.6) is 5.75 Å². The van der Waals surface area contributed by atoms with Crippen molar-refractivity contribution in [3.05, 3.63) is 29.8 Å². The Labute approximate surface area is 157 Å². The third-order valence-electron chi connectivity index (χ3n) is 3.62. The lowest BCUT2D eigenvalue weighted by Crippen LogP contribution is -2.49. The lowest BCUT2D eigenvalue weighted by Gasteiger charge is -2.18. The predicted octanol–water partition coefficient (Wildman–Crippen LogP) is -0.0688. The number of hydrogen-bond donors (Lipinski definition) is 4. The van der Waals surface area contributed by atoms with Gasteiger partial charge in [-0.05, 0) is 24.1 Å². The topological polar surface area (TPSA) is 137 Å². The summed E-state index contributed by atoms with van der Waals surface area (Å²) in [4.78, 5) is 46.5. The molecule has 0 aliphatic rings. The normalized spacial score (nSPS) is 11.0. The number of rotatable bonds is 11. The number of amides is 3. The number of methoxy groups -OCH3 is 1. The maximum Gasteiger partial charge on any atom is 0.242 e. The summed E-state index contributed by atoms with van der Waals surface area (Å²) in [5.41, 5.74) is 0.836. The molecule has 0 bridgehead atoms. The molecule has 1 rings (SSSR count). The number of ether oxygens (including phenoxy) is 1. The van der Waals surface area contributed by atoms with Gasteiger partial charge in [0.1, 0.15) is 11.8 Å². The highest BCUT2D eigenvalue weighted by atomic mass is 16.5. The molecule has 0 aliphatic heterocycles. The van der Waals surface area contributed by atoms with Gasteiger partial charge in [-0.1, -0.05) is 12.1 Å². The lowest BCUT2D eigenvalue weighted by atomic mass is 10.1. The van der Waals surface area contributed by atoms with Crippen molar-refractivity contribution in [2.24, 2.45) is 0 Å². The number of ketones is 1. The fourth-order valence-corrected chi connectivity index (χ4v) is 2.13. The highest BCUT2D eigenvalue weighted by Crippen LogP contribution is 2.11. The fraction of sp³-hybridized carbons (Fsp3) is 0.389. The van der Waals surface area contributed by atoms with Crippen LogP contribution in [0, 0.1) is 5.41 Å². The van der Waals surface area contributed by atoms with Gasteiger partial charge in [-0.3, -0.25) is 19.2 Å². The van der Waals surface area contributed by atoms with E-state index in [0.29, 0.717) is 12.0 Å². The number of nitrogens with one attached hydrogen (secondary N) is 4. The quantitative estimate of drug-likeness (QED) is 0.401. The van der Waals surface area contributed by atoms with E-state index in [9.17, 15) is 19.2 Å². The zero-order chi connectivity index (χ0) is 20.2. The van der Waals surface area contributed by atoms with Gasteiger partial charge in [-0.25, -0.2) is 0 Å². The number of benzene rings is 1. The second kappa shape index (κ2) is 11.4. The van der Waals surface area contributed by atoms with Gasteiger partial charge in [0.15, 0.2) is 5.78 Å². The second-order valence-electron chi connectivity index (χ2n) is 5.75. The van der Waals surface area contributed by atoms with Crippen molar-refractivity contribution < 1.29 is 23.9 Å². The van der Waals surface area contributed by atoms with Crippen molar-refractivity contribution in [1.29, 1.82) is 5.41 Å². The van der Waals surface area contributed by atoms with Crippen molar-refractivity contribution in [3.63, 3.8) is 0 Å². The van der Waals surface area contributed by atoms with Crippen molar-refractivity contribution in [3.8, 4) is 5.75 Å². The van der Waals surface area contributed by atoms with Gasteiger partial charge in [-0.2, -0.15) is 0 Å². The average Bonchev–Trinajstić information content (AvgIpc) is 2.67. The van der Waals surface area contributed by atoms with Gasteiger partial charge in [0.2, 0.25) is 17.7 Å². The number of Topliss-reactive ketones (excluding diaryl/α,β-unsaturated/α-hetero) is 1. The molecule has 9 heteroatoms. The molecule has 27 heavy (non-hydrogen) atoms. The van der Waals surface area contributed by atoms with E-state index in [0.717, 1.165) is 5.56 Å². The van der Waals surface area contributed by atoms with Crippen LogP contribution in [0.25, 0.3) is 0 Å². The molecule has 0 aromatic heterocycles. The van der Waals surface area contributed by atoms with E-state index in [2.05, 4.69) is 16.0 Å². The predicted molar refractivity (Wildman–Crippen MR) is 98.5 cm³/mol. The molecule has 0 radical (unpaired) electrons. The Morgan fingerprint density at radius 1 is 1.15 bits per heavy atom. The van der Waals surface area contributed by atoms with E-state index in [1.54, 1.807) is 31.4 Å². The summed E-state index contributed by atoms with van der Waals surface area (Å²) in [6.07, 6.45) is 0.671. The second-order valence-corrected chi connectivity index (χ2v) is 5.75. The number of carbonyl (C=O) groups excluding carboxylic acids is 4. The highest BCUT2D eigenvalue weighted by molar-refractivity contribution is 6.26. The minimum atomic E-state index is -0.951. The summed E-state index contributed by atoms with van der Waals surface area (Å²) in [7, 11) is 1.56. The smallest absolute Gasteiger partial charge is 0.242 e. The first-order valence-corrected chi connectivity index (χ1v) is 8.33. The van der Waals surface area contributed by atoms with Crippen molar-refractivity contribution >= 4 is 29.7 Å². The van der Waals surface area contributed by atoms with Gasteiger partial charge >= 0.3 is 0 Å². The number of carbonyl (C=O) groups is 4. The van der Waals surface area contributed by atoms with E-state index in [1.807, 2.05) is 0 Å². The molecule has 0 spiro atoms. The Morgan fingerprint density at radius 3 is 2.37 bits per heavy atom. The van der Waals surface area contributed by atoms with Crippen LogP contribution >= 0.6 is 0 Å². The first-order chi connectivity index (χ1) is 12.8. The van der Waals surface area contributed by atoms with Gasteiger partial charge in [0, 0.05) is 19.9 Å². The molecule has 3 amide bonds. The molecule has 0 saturated carbocycles. The van der Waals surface area contributed by atoms with Crippen LogP contribution in [0.3, 0.4) is 0 Å². The zero-order valence-electron chi connectivity index (χ0n) is 15.3. The Balaban J connectivity index is 2.65. The number of hydrogen-bond acceptors (Lipinski definition) is 6. The third kappa shape index (κ3) is 8.61. The van der Waals surface area contributed by atoms with E-state index >= 15 is 0 Å². The molecule has 0 aliphatic carbocycles. The molecular formula is C18H24N4O5. The van der Waals surface area contributed by atoms with E-state index in [-0.39, 0.29) is 31.8 Å². The summed E-state index contributed by atoms with van der Waals surface area (Å²) < 4.78 is 5.07. The largest absolute Gasteiger partial charge is 0.497 e. The van der Waals surface area contributed by atoms with Gasteiger partial charge in [-0.15, -0.1) is 0 Å². The minimum absolute atomic E-state index is 0.0501. The van der Waals surface area contributed by atoms with E-state index in [1.165, 1.54) is 6.92 Å². The van der Waals surface area contributed by atoms with Gasteiger partial charge < -0.3 is 26.1 Å². The van der Waals surface area contributed by atoms with Gasteiger partial charge in [0.25, 0.3) is 0 Å². The summed E-state index contributed by atoms with van der Waals surface area (Å²) in [6, 6.07) is 6.16. The van der Waals surface area contributed by atoms with Crippen LogP contribution in [-0.2, 0) is 25.7 Å². The van der Waals surface area contributed by atoms with Crippen LogP contribution in [0.4, 0.5) is 0 Å². The summed E-state index contributed by atoms with van der Waals surface area (Å²) in [6.45, 7) is 1.24. The van der Waals surface area contributed by atoms with Crippen LogP contribution < -0.4 is 20.7 Å². The zero-order valence-corrected chi connectivity index (χ0v) is 15.3. The molecule has 0 unspecified atom stereocenters. The molecule has 4 N–H and O–H groups in total. The standard InChI is InChI=1S/C18H24N4O5/c1-12(23)20-11-17(25)22-16(8-5-14(24)9-19)18(26)21-10-13-3-6-15(27-2)7-4-13/h3-4,6-7,9,16,19H,5,8,10-11H2,1-2H3,(H,20,23)(H,21,26)(H,22,25)/t16-/m0/s1. The van der Waals surface area contributed by atoms with E-state index in [4.69, 9.17) is 10.1 Å². The van der Waals surface area contributed by atoms with Crippen LogP contribution in [0.15, 0.2) is 24.3 Å². The molecule has 1 aromatic rings. The van der Waals surface area contributed by atoms with Gasteiger partial charge in [0.05, 0.1) is 19.9 Å². The first-order valence-electron chi connectivity index (χ1n) is 8.33. The third-order valence-corrected chi connectivity index (χ3v) is 3.62. The minimum Gasteiger partial charge on any atom is -0.497 e. The Bertz CT molecular complexity index is 687. The molecule has 0 fully saturated rings. The maximum atomic E-state index is 12.4. The van der Waals surface area contributed by atoms with Crippen LogP contribution in [-0.4, -0.2) is 49.4 Å². The summed E-state index contributed by atoms with van der Waals surface area (Å²) in [5, 5.41) is 14.4. The Hall–Kier alpha value is -3.23. The molecule has 146 valence electrons. The molecule has 0 saturated heterocycles. The van der Waals surface area contributed by atoms with Crippen LogP contribution in [0.2, 0.25) is 0 Å². The molecule has 9 nitrogen and oxygen atoms in total.